The molecule has 1 atom stereocenters. The minimum absolute atomic E-state index is 0.140. The summed E-state index contributed by atoms with van der Waals surface area (Å²) in [4.78, 5) is 0. The molecule has 0 aliphatic carbocycles. The molecular formula is C20H24N2OS. The lowest BCUT2D eigenvalue weighted by Crippen LogP contribution is -2.31. The van der Waals surface area contributed by atoms with E-state index >= 15 is 0 Å². The molecule has 0 fully saturated rings. The Morgan fingerprint density at radius 2 is 1.92 bits per heavy atom. The highest BCUT2D eigenvalue weighted by atomic mass is 32.1. The molecule has 4 heteroatoms. The van der Waals surface area contributed by atoms with E-state index in [0.717, 1.165) is 11.4 Å². The van der Waals surface area contributed by atoms with Gasteiger partial charge in [0.1, 0.15) is 12.4 Å². The van der Waals surface area contributed by atoms with Crippen molar-refractivity contribution in [1.82, 2.24) is 5.32 Å². The lowest BCUT2D eigenvalue weighted by Gasteiger charge is -2.19. The summed E-state index contributed by atoms with van der Waals surface area (Å²) in [6.45, 7) is 10.5. The zero-order valence-corrected chi connectivity index (χ0v) is 15.2. The molecule has 0 aliphatic rings. The summed E-state index contributed by atoms with van der Waals surface area (Å²) < 4.78 is 5.47. The summed E-state index contributed by atoms with van der Waals surface area (Å²) in [6.07, 6.45) is 1.72. The van der Waals surface area contributed by atoms with Crippen molar-refractivity contribution in [1.29, 1.82) is 0 Å². The fraction of sp³-hybridized carbons (Fsp3) is 0.250. The Morgan fingerprint density at radius 3 is 2.54 bits per heavy atom. The molecule has 0 aliphatic heterocycles. The number of rotatable bonds is 6. The zero-order chi connectivity index (χ0) is 17.5. The van der Waals surface area contributed by atoms with Crippen LogP contribution in [0.15, 0.2) is 55.1 Å². The maximum Gasteiger partial charge on any atom is 0.171 e. The number of benzene rings is 2. The van der Waals surface area contributed by atoms with E-state index in [1.165, 1.54) is 16.7 Å². The lowest BCUT2D eigenvalue weighted by molar-refractivity contribution is 0.363. The van der Waals surface area contributed by atoms with Crippen LogP contribution in [0.1, 0.15) is 29.7 Å². The maximum atomic E-state index is 5.47. The summed E-state index contributed by atoms with van der Waals surface area (Å²) in [6, 6.07) is 14.3. The van der Waals surface area contributed by atoms with Gasteiger partial charge in [0.05, 0.1) is 6.04 Å². The van der Waals surface area contributed by atoms with E-state index in [-0.39, 0.29) is 6.04 Å². The monoisotopic (exact) mass is 340 g/mol. The number of ether oxygens (including phenoxy) is 1. The number of hydrogen-bond acceptors (Lipinski definition) is 2. The molecule has 2 rings (SSSR count). The van der Waals surface area contributed by atoms with Crippen molar-refractivity contribution in [2.24, 2.45) is 0 Å². The van der Waals surface area contributed by atoms with Crippen LogP contribution in [-0.4, -0.2) is 11.7 Å². The van der Waals surface area contributed by atoms with E-state index in [0.29, 0.717) is 11.7 Å². The third-order valence-corrected chi connectivity index (χ3v) is 3.94. The molecule has 3 nitrogen and oxygen atoms in total. The predicted molar refractivity (Wildman–Crippen MR) is 106 cm³/mol. The van der Waals surface area contributed by atoms with Gasteiger partial charge in [-0.1, -0.05) is 36.4 Å². The Morgan fingerprint density at radius 1 is 1.21 bits per heavy atom. The number of hydrogen-bond donors (Lipinski definition) is 2. The average Bonchev–Trinajstić information content (AvgIpc) is 2.54. The van der Waals surface area contributed by atoms with Gasteiger partial charge in [-0.2, -0.15) is 0 Å². The molecule has 0 heterocycles. The van der Waals surface area contributed by atoms with E-state index in [9.17, 15) is 0 Å². The van der Waals surface area contributed by atoms with Crippen LogP contribution < -0.4 is 15.4 Å². The fourth-order valence-corrected chi connectivity index (χ4v) is 2.84. The van der Waals surface area contributed by atoms with Crippen LogP contribution in [0.2, 0.25) is 0 Å². The van der Waals surface area contributed by atoms with Gasteiger partial charge < -0.3 is 15.4 Å². The Balaban J connectivity index is 1.93. The standard InChI is InChI=1S/C20H24N2OS/c1-5-12-23-18-9-7-17(8-10-18)22-20(24)21-16(4)19-11-6-14(2)13-15(19)3/h5-11,13,16H,1,12H2,2-4H3,(H2,21,22,24)/t16-/m1/s1. The largest absolute Gasteiger partial charge is 0.490 e. The van der Waals surface area contributed by atoms with E-state index in [2.05, 4.69) is 56.2 Å². The predicted octanol–water partition coefficient (Wildman–Crippen LogP) is 4.92. The van der Waals surface area contributed by atoms with Crippen LogP contribution in [0.3, 0.4) is 0 Å². The second-order valence-corrected chi connectivity index (χ2v) is 6.21. The normalized spacial score (nSPS) is 11.5. The Labute approximate surface area is 149 Å². The molecule has 0 aromatic heterocycles. The molecule has 2 aromatic carbocycles. The summed E-state index contributed by atoms with van der Waals surface area (Å²) in [7, 11) is 0. The number of thiocarbonyl (C=S) groups is 1. The highest BCUT2D eigenvalue weighted by molar-refractivity contribution is 7.80. The van der Waals surface area contributed by atoms with Crippen LogP contribution in [-0.2, 0) is 0 Å². The molecule has 0 saturated heterocycles. The van der Waals surface area contributed by atoms with Gasteiger partial charge in [-0.05, 0) is 68.4 Å². The van der Waals surface area contributed by atoms with Crippen LogP contribution in [0.25, 0.3) is 0 Å². The van der Waals surface area contributed by atoms with Crippen molar-refractivity contribution in [2.45, 2.75) is 26.8 Å². The van der Waals surface area contributed by atoms with Crippen LogP contribution in [0, 0.1) is 13.8 Å². The first-order chi connectivity index (χ1) is 11.5. The minimum atomic E-state index is 0.140. The topological polar surface area (TPSA) is 33.3 Å². The summed E-state index contributed by atoms with van der Waals surface area (Å²) >= 11 is 5.42. The number of aryl methyl sites for hydroxylation is 2. The van der Waals surface area contributed by atoms with Crippen LogP contribution >= 0.6 is 12.2 Å². The van der Waals surface area contributed by atoms with E-state index in [1.54, 1.807) is 6.08 Å². The van der Waals surface area contributed by atoms with Gasteiger partial charge >= 0.3 is 0 Å². The first-order valence-corrected chi connectivity index (χ1v) is 8.39. The SMILES string of the molecule is C=CCOc1ccc(NC(=S)N[C@H](C)c2ccc(C)cc2C)cc1. The highest BCUT2D eigenvalue weighted by Gasteiger charge is 2.10. The maximum absolute atomic E-state index is 5.47. The Kier molecular flexibility index (Phi) is 6.38. The second kappa shape index (κ2) is 8.50. The third-order valence-electron chi connectivity index (χ3n) is 3.72. The quantitative estimate of drug-likeness (QED) is 0.578. The van der Waals surface area contributed by atoms with Gasteiger partial charge in [0, 0.05) is 5.69 Å². The first-order valence-electron chi connectivity index (χ1n) is 7.98. The smallest absolute Gasteiger partial charge is 0.171 e. The van der Waals surface area contributed by atoms with E-state index in [1.807, 2.05) is 24.3 Å². The fourth-order valence-electron chi connectivity index (χ4n) is 2.54. The summed E-state index contributed by atoms with van der Waals surface area (Å²) in [5, 5.41) is 7.13. The molecule has 0 radical (unpaired) electrons. The first kappa shape index (κ1) is 18.0. The third kappa shape index (κ3) is 5.10. The Bertz CT molecular complexity index is 710. The number of anilines is 1. The van der Waals surface area contributed by atoms with Crippen LogP contribution in [0.5, 0.6) is 5.75 Å². The van der Waals surface area contributed by atoms with Crippen LogP contribution in [0.4, 0.5) is 5.69 Å². The van der Waals surface area contributed by atoms with Crippen molar-refractivity contribution in [2.75, 3.05) is 11.9 Å². The average molecular weight is 340 g/mol. The van der Waals surface area contributed by atoms with Gasteiger partial charge in [0.2, 0.25) is 0 Å². The lowest BCUT2D eigenvalue weighted by atomic mass is 10.0. The Hall–Kier alpha value is -2.33. The molecule has 0 bridgehead atoms. The molecule has 2 aromatic rings. The number of nitrogens with one attached hydrogen (secondary N) is 2. The molecule has 0 amide bonds. The van der Waals surface area contributed by atoms with Gasteiger partial charge in [-0.15, -0.1) is 0 Å². The summed E-state index contributed by atoms with van der Waals surface area (Å²) in [5.41, 5.74) is 4.70. The van der Waals surface area contributed by atoms with Crippen molar-refractivity contribution in [3.05, 3.63) is 71.8 Å². The summed E-state index contributed by atoms with van der Waals surface area (Å²) in [5.74, 6) is 0.808. The van der Waals surface area contributed by atoms with E-state index in [4.69, 9.17) is 17.0 Å². The molecule has 0 spiro atoms. The molecule has 126 valence electrons. The second-order valence-electron chi connectivity index (χ2n) is 5.80. The van der Waals surface area contributed by atoms with Gasteiger partial charge in [0.15, 0.2) is 5.11 Å². The zero-order valence-electron chi connectivity index (χ0n) is 14.4. The molecule has 0 saturated carbocycles. The van der Waals surface area contributed by atoms with Gasteiger partial charge in [0.25, 0.3) is 0 Å². The molecule has 2 N–H and O–H groups in total. The van der Waals surface area contributed by atoms with Crippen molar-refractivity contribution >= 4 is 23.0 Å². The van der Waals surface area contributed by atoms with Crippen molar-refractivity contribution in [3.63, 3.8) is 0 Å². The molecular weight excluding hydrogens is 316 g/mol. The van der Waals surface area contributed by atoms with Gasteiger partial charge in [-0.3, -0.25) is 0 Å². The molecule has 0 unspecified atom stereocenters. The van der Waals surface area contributed by atoms with Crippen molar-refractivity contribution in [3.8, 4) is 5.75 Å². The van der Waals surface area contributed by atoms with Crippen molar-refractivity contribution < 1.29 is 4.74 Å². The van der Waals surface area contributed by atoms with E-state index < -0.39 is 0 Å². The van der Waals surface area contributed by atoms with Gasteiger partial charge in [-0.25, -0.2) is 0 Å². The minimum Gasteiger partial charge on any atom is -0.490 e. The molecule has 24 heavy (non-hydrogen) atoms. The highest BCUT2D eigenvalue weighted by Crippen LogP contribution is 2.19.